The minimum absolute atomic E-state index is 0.160. The molecule has 1 aliphatic heterocycles. The van der Waals surface area contributed by atoms with Gasteiger partial charge in [0.05, 0.1) is 6.04 Å². The molecule has 2 fully saturated rings. The Bertz CT molecular complexity index is 251. The second-order valence-electron chi connectivity index (χ2n) is 5.58. The van der Waals surface area contributed by atoms with Crippen molar-refractivity contribution < 1.29 is 4.79 Å². The highest BCUT2D eigenvalue weighted by Crippen LogP contribution is 2.36. The van der Waals surface area contributed by atoms with Gasteiger partial charge in [0.2, 0.25) is 0 Å². The van der Waals surface area contributed by atoms with Gasteiger partial charge in [0.15, 0.2) is 0 Å². The van der Waals surface area contributed by atoms with Crippen LogP contribution >= 0.6 is 0 Å². The molecule has 16 heavy (non-hydrogen) atoms. The lowest BCUT2D eigenvalue weighted by Crippen LogP contribution is -2.48. The van der Waals surface area contributed by atoms with Crippen LogP contribution in [0.15, 0.2) is 0 Å². The van der Waals surface area contributed by atoms with E-state index in [1.54, 1.807) is 0 Å². The summed E-state index contributed by atoms with van der Waals surface area (Å²) in [6, 6.07) is 0.160. The number of fused-ring (bicyclic) bond motifs is 1. The number of piperidine rings is 1. The summed E-state index contributed by atoms with van der Waals surface area (Å²) in [5, 5.41) is 0. The van der Waals surface area contributed by atoms with Crippen molar-refractivity contribution in [1.82, 2.24) is 4.90 Å². The zero-order chi connectivity index (χ0) is 11.5. The Labute approximate surface area is 99.4 Å². The second-order valence-corrected chi connectivity index (χ2v) is 5.58. The van der Waals surface area contributed by atoms with Crippen molar-refractivity contribution in [3.8, 4) is 0 Å². The molecular formula is C14H25NO. The predicted molar refractivity (Wildman–Crippen MR) is 66.4 cm³/mol. The Morgan fingerprint density at radius 2 is 1.94 bits per heavy atom. The third-order valence-electron chi connectivity index (χ3n) is 4.68. The molecule has 92 valence electrons. The second kappa shape index (κ2) is 5.31. The molecule has 1 aliphatic carbocycles. The first-order chi connectivity index (χ1) is 7.72. The van der Waals surface area contributed by atoms with Crippen LogP contribution in [0.3, 0.4) is 0 Å². The lowest BCUT2D eigenvalue weighted by molar-refractivity contribution is -0.124. The van der Waals surface area contributed by atoms with Gasteiger partial charge in [-0.3, -0.25) is 9.69 Å². The first-order valence-electron chi connectivity index (χ1n) is 6.99. The Morgan fingerprint density at radius 1 is 1.25 bits per heavy atom. The molecule has 0 N–H and O–H groups in total. The Morgan fingerprint density at radius 3 is 2.62 bits per heavy atom. The van der Waals surface area contributed by atoms with Crippen LogP contribution in [-0.4, -0.2) is 29.8 Å². The van der Waals surface area contributed by atoms with Crippen molar-refractivity contribution in [3.63, 3.8) is 0 Å². The number of Topliss-reactive ketones (excluding diaryl/α,β-unsaturated/α-hetero) is 1. The van der Waals surface area contributed by atoms with E-state index in [1.165, 1.54) is 38.6 Å². The maximum Gasteiger partial charge on any atom is 0.149 e. The molecule has 1 heterocycles. The van der Waals surface area contributed by atoms with E-state index < -0.39 is 0 Å². The van der Waals surface area contributed by atoms with Crippen LogP contribution in [-0.2, 0) is 4.79 Å². The van der Waals surface area contributed by atoms with E-state index in [-0.39, 0.29) is 6.04 Å². The van der Waals surface area contributed by atoms with Gasteiger partial charge < -0.3 is 0 Å². The number of hydrogen-bond donors (Lipinski definition) is 0. The number of hydrogen-bond acceptors (Lipinski definition) is 2. The van der Waals surface area contributed by atoms with Crippen molar-refractivity contribution >= 4 is 5.78 Å². The molecule has 2 aliphatic rings. The molecule has 0 aromatic rings. The van der Waals surface area contributed by atoms with E-state index in [0.29, 0.717) is 12.2 Å². The van der Waals surface area contributed by atoms with Crippen LogP contribution in [0.1, 0.15) is 52.4 Å². The van der Waals surface area contributed by atoms with Gasteiger partial charge in [-0.2, -0.15) is 0 Å². The lowest BCUT2D eigenvalue weighted by Gasteiger charge is -2.43. The molecule has 1 saturated carbocycles. The van der Waals surface area contributed by atoms with Crippen molar-refractivity contribution in [2.45, 2.75) is 58.4 Å². The minimum Gasteiger partial charge on any atom is -0.298 e. The van der Waals surface area contributed by atoms with Gasteiger partial charge >= 0.3 is 0 Å². The fourth-order valence-electron chi connectivity index (χ4n) is 3.48. The normalized spacial score (nSPS) is 33.1. The van der Waals surface area contributed by atoms with E-state index in [0.717, 1.165) is 18.4 Å². The first kappa shape index (κ1) is 12.1. The minimum atomic E-state index is 0.160. The molecule has 0 spiro atoms. The van der Waals surface area contributed by atoms with Crippen LogP contribution in [0, 0.1) is 11.8 Å². The van der Waals surface area contributed by atoms with Gasteiger partial charge in [0.1, 0.15) is 5.78 Å². The van der Waals surface area contributed by atoms with E-state index in [2.05, 4.69) is 11.8 Å². The number of carbonyl (C=O) groups excluding carboxylic acids is 1. The van der Waals surface area contributed by atoms with E-state index in [4.69, 9.17) is 0 Å². The van der Waals surface area contributed by atoms with E-state index in [9.17, 15) is 4.79 Å². The number of nitrogens with zero attached hydrogens (tertiary/aromatic N) is 1. The third-order valence-corrected chi connectivity index (χ3v) is 4.68. The molecule has 2 nitrogen and oxygen atoms in total. The molecule has 3 unspecified atom stereocenters. The predicted octanol–water partition coefficient (Wildman–Crippen LogP) is 2.87. The summed E-state index contributed by atoms with van der Waals surface area (Å²) in [5.74, 6) is 2.26. The van der Waals surface area contributed by atoms with E-state index >= 15 is 0 Å². The highest BCUT2D eigenvalue weighted by Gasteiger charge is 2.33. The molecule has 2 rings (SSSR count). The zero-order valence-electron chi connectivity index (χ0n) is 10.7. The highest BCUT2D eigenvalue weighted by molar-refractivity contribution is 5.83. The maximum atomic E-state index is 11.7. The molecular weight excluding hydrogens is 198 g/mol. The number of carbonyl (C=O) groups is 1. The van der Waals surface area contributed by atoms with Gasteiger partial charge in [-0.15, -0.1) is 0 Å². The Hall–Kier alpha value is -0.370. The Balaban J connectivity index is 1.91. The SMILES string of the molecule is CCC(=O)C(C)N1CCC2CCCCC2C1. The van der Waals surface area contributed by atoms with Crippen LogP contribution in [0.25, 0.3) is 0 Å². The summed E-state index contributed by atoms with van der Waals surface area (Å²) in [7, 11) is 0. The molecule has 1 saturated heterocycles. The summed E-state index contributed by atoms with van der Waals surface area (Å²) < 4.78 is 0. The standard InChI is InChI=1S/C14H25NO/c1-3-14(16)11(2)15-9-8-12-6-4-5-7-13(12)10-15/h11-13H,3-10H2,1-2H3. The highest BCUT2D eigenvalue weighted by atomic mass is 16.1. The molecule has 0 aromatic carbocycles. The molecule has 0 aromatic heterocycles. The van der Waals surface area contributed by atoms with Gasteiger partial charge in [-0.05, 0) is 38.1 Å². The lowest BCUT2D eigenvalue weighted by atomic mass is 9.75. The molecule has 0 amide bonds. The average Bonchev–Trinajstić information content (AvgIpc) is 2.36. The first-order valence-corrected chi connectivity index (χ1v) is 6.99. The molecule has 0 bridgehead atoms. The van der Waals surface area contributed by atoms with Crippen molar-refractivity contribution in [2.75, 3.05) is 13.1 Å². The van der Waals surface area contributed by atoms with Gasteiger partial charge in [-0.1, -0.05) is 26.2 Å². The third kappa shape index (κ3) is 2.48. The van der Waals surface area contributed by atoms with Gasteiger partial charge in [0.25, 0.3) is 0 Å². The largest absolute Gasteiger partial charge is 0.298 e. The summed E-state index contributed by atoms with van der Waals surface area (Å²) in [5.41, 5.74) is 0. The fourth-order valence-corrected chi connectivity index (χ4v) is 3.48. The van der Waals surface area contributed by atoms with Crippen molar-refractivity contribution in [3.05, 3.63) is 0 Å². The van der Waals surface area contributed by atoms with E-state index in [1.807, 2.05) is 6.92 Å². The fraction of sp³-hybridized carbons (Fsp3) is 0.929. The summed E-state index contributed by atoms with van der Waals surface area (Å²) in [4.78, 5) is 14.2. The quantitative estimate of drug-likeness (QED) is 0.733. The number of likely N-dealkylation sites (tertiary alicyclic amines) is 1. The number of ketones is 1. The van der Waals surface area contributed by atoms with Crippen LogP contribution in [0.4, 0.5) is 0 Å². The zero-order valence-corrected chi connectivity index (χ0v) is 10.7. The van der Waals surface area contributed by atoms with Crippen molar-refractivity contribution in [2.24, 2.45) is 11.8 Å². The molecule has 0 radical (unpaired) electrons. The monoisotopic (exact) mass is 223 g/mol. The summed E-state index contributed by atoms with van der Waals surface area (Å²) in [6.45, 7) is 6.40. The Kier molecular flexibility index (Phi) is 4.01. The topological polar surface area (TPSA) is 20.3 Å². The smallest absolute Gasteiger partial charge is 0.149 e. The summed E-state index contributed by atoms with van der Waals surface area (Å²) >= 11 is 0. The van der Waals surface area contributed by atoms with Crippen LogP contribution in [0.2, 0.25) is 0 Å². The summed E-state index contributed by atoms with van der Waals surface area (Å²) in [6.07, 6.45) is 7.69. The van der Waals surface area contributed by atoms with Crippen molar-refractivity contribution in [1.29, 1.82) is 0 Å². The maximum absolute atomic E-state index is 11.7. The number of rotatable bonds is 3. The molecule has 2 heteroatoms. The average molecular weight is 223 g/mol. The van der Waals surface area contributed by atoms with Gasteiger partial charge in [-0.25, -0.2) is 0 Å². The van der Waals surface area contributed by atoms with Crippen LogP contribution < -0.4 is 0 Å². The molecule has 3 atom stereocenters. The van der Waals surface area contributed by atoms with Crippen LogP contribution in [0.5, 0.6) is 0 Å². The van der Waals surface area contributed by atoms with Gasteiger partial charge in [0, 0.05) is 13.0 Å².